The molecule has 3 heteroatoms. The van der Waals surface area contributed by atoms with Crippen molar-refractivity contribution in [2.45, 2.75) is 118 Å². The van der Waals surface area contributed by atoms with Crippen LogP contribution in [0.5, 0.6) is 0 Å². The first-order chi connectivity index (χ1) is 14.6. The Kier molecular flexibility index (Phi) is 7.96. The average Bonchev–Trinajstić information content (AvgIpc) is 3.06. The van der Waals surface area contributed by atoms with E-state index in [1.54, 1.807) is 0 Å². The van der Waals surface area contributed by atoms with Crippen molar-refractivity contribution in [2.75, 3.05) is 0 Å². The van der Waals surface area contributed by atoms with Crippen molar-refractivity contribution in [1.29, 1.82) is 0 Å². The summed E-state index contributed by atoms with van der Waals surface area (Å²) in [6, 6.07) is 0. The summed E-state index contributed by atoms with van der Waals surface area (Å²) in [6.07, 6.45) is 15.9. The number of carbonyl (C=O) groups is 2. The molecule has 8 atom stereocenters. The summed E-state index contributed by atoms with van der Waals surface area (Å²) in [5.74, 6) is 4.81. The van der Waals surface area contributed by atoms with Crippen LogP contribution in [0.1, 0.15) is 118 Å². The SMILES string of the molecule is CC(=O)C1CCC2C3CCC4CC(C)CCC4(C)C3CCC12C.CCCCCC(=O)O. The van der Waals surface area contributed by atoms with Crippen LogP contribution in [-0.2, 0) is 9.59 Å². The van der Waals surface area contributed by atoms with E-state index in [1.165, 1.54) is 57.8 Å². The molecule has 4 rings (SSSR count). The third kappa shape index (κ3) is 4.91. The topological polar surface area (TPSA) is 54.4 Å². The summed E-state index contributed by atoms with van der Waals surface area (Å²) < 4.78 is 0. The lowest BCUT2D eigenvalue weighted by Crippen LogP contribution is -2.53. The van der Waals surface area contributed by atoms with Crippen LogP contribution >= 0.6 is 0 Å². The van der Waals surface area contributed by atoms with Gasteiger partial charge in [-0.1, -0.05) is 47.0 Å². The monoisotopic (exact) mass is 432 g/mol. The zero-order valence-electron chi connectivity index (χ0n) is 20.9. The zero-order chi connectivity index (χ0) is 22.8. The van der Waals surface area contributed by atoms with E-state index in [0.717, 1.165) is 48.9 Å². The average molecular weight is 433 g/mol. The van der Waals surface area contributed by atoms with E-state index in [-0.39, 0.29) is 0 Å². The van der Waals surface area contributed by atoms with E-state index in [2.05, 4.69) is 27.7 Å². The quantitative estimate of drug-likeness (QED) is 0.457. The van der Waals surface area contributed by atoms with Gasteiger partial charge >= 0.3 is 5.97 Å². The van der Waals surface area contributed by atoms with Crippen molar-refractivity contribution in [3.8, 4) is 0 Å². The number of hydrogen-bond donors (Lipinski definition) is 1. The number of Topliss-reactive ketones (excluding diaryl/α,β-unsaturated/α-hetero) is 1. The Morgan fingerprint density at radius 3 is 2.23 bits per heavy atom. The highest BCUT2D eigenvalue weighted by atomic mass is 16.4. The van der Waals surface area contributed by atoms with Crippen LogP contribution in [0.25, 0.3) is 0 Å². The van der Waals surface area contributed by atoms with Crippen LogP contribution in [0.2, 0.25) is 0 Å². The van der Waals surface area contributed by atoms with Gasteiger partial charge in [0.05, 0.1) is 0 Å². The normalized spacial score (nSPS) is 43.6. The molecule has 0 heterocycles. The van der Waals surface area contributed by atoms with Gasteiger partial charge in [-0.2, -0.15) is 0 Å². The van der Waals surface area contributed by atoms with Crippen molar-refractivity contribution >= 4 is 11.8 Å². The van der Waals surface area contributed by atoms with Gasteiger partial charge in [-0.3, -0.25) is 9.59 Å². The first-order valence-electron chi connectivity index (χ1n) is 13.4. The standard InChI is InChI=1S/C22H36O.C6H12O2/c1-14-9-11-21(3)16(13-14)5-6-17-19-8-7-18(15(2)23)22(19,4)12-10-20(17)21;1-2-3-4-5-6(7)8/h14,16-20H,5-13H2,1-4H3;2-5H2,1H3,(H,7,8). The second kappa shape index (κ2) is 9.96. The second-order valence-corrected chi connectivity index (χ2v) is 12.2. The first-order valence-corrected chi connectivity index (χ1v) is 13.4. The van der Waals surface area contributed by atoms with Gasteiger partial charge in [0.15, 0.2) is 0 Å². The molecule has 4 aliphatic carbocycles. The van der Waals surface area contributed by atoms with E-state index >= 15 is 0 Å². The number of carboxylic acid groups (broad SMARTS) is 1. The molecule has 0 bridgehead atoms. The Balaban J connectivity index is 0.000000293. The predicted octanol–water partition coefficient (Wildman–Crippen LogP) is 7.52. The van der Waals surface area contributed by atoms with Gasteiger partial charge in [-0.25, -0.2) is 0 Å². The molecule has 0 aromatic carbocycles. The highest BCUT2D eigenvalue weighted by Gasteiger charge is 2.60. The van der Waals surface area contributed by atoms with Crippen molar-refractivity contribution in [3.05, 3.63) is 0 Å². The molecule has 178 valence electrons. The maximum atomic E-state index is 12.2. The summed E-state index contributed by atoms with van der Waals surface area (Å²) in [4.78, 5) is 22.1. The summed E-state index contributed by atoms with van der Waals surface area (Å²) in [7, 11) is 0. The Bertz CT molecular complexity index is 642. The van der Waals surface area contributed by atoms with E-state index in [1.807, 2.05) is 6.92 Å². The van der Waals surface area contributed by atoms with Gasteiger partial charge < -0.3 is 5.11 Å². The highest BCUT2D eigenvalue weighted by molar-refractivity contribution is 5.79. The van der Waals surface area contributed by atoms with Gasteiger partial charge in [0.25, 0.3) is 0 Å². The minimum absolute atomic E-state index is 0.327. The molecular formula is C28H48O3. The smallest absolute Gasteiger partial charge is 0.303 e. The molecule has 3 nitrogen and oxygen atoms in total. The molecule has 0 amide bonds. The van der Waals surface area contributed by atoms with Crippen LogP contribution < -0.4 is 0 Å². The summed E-state index contributed by atoms with van der Waals surface area (Å²) in [5.41, 5.74) is 0.948. The van der Waals surface area contributed by atoms with Crippen molar-refractivity contribution in [1.82, 2.24) is 0 Å². The van der Waals surface area contributed by atoms with Crippen molar-refractivity contribution < 1.29 is 14.7 Å². The molecule has 0 radical (unpaired) electrons. The summed E-state index contributed by atoms with van der Waals surface area (Å²) >= 11 is 0. The summed E-state index contributed by atoms with van der Waals surface area (Å²) in [5, 5.41) is 8.14. The zero-order valence-corrected chi connectivity index (χ0v) is 20.9. The van der Waals surface area contributed by atoms with Crippen molar-refractivity contribution in [3.63, 3.8) is 0 Å². The number of carboxylic acids is 1. The molecule has 4 saturated carbocycles. The largest absolute Gasteiger partial charge is 0.481 e. The van der Waals surface area contributed by atoms with Gasteiger partial charge in [0.1, 0.15) is 5.78 Å². The number of rotatable bonds is 5. The molecule has 31 heavy (non-hydrogen) atoms. The van der Waals surface area contributed by atoms with Crippen LogP contribution in [0.3, 0.4) is 0 Å². The highest BCUT2D eigenvalue weighted by Crippen LogP contribution is 2.67. The molecule has 0 aliphatic heterocycles. The fraction of sp³-hybridized carbons (Fsp3) is 0.929. The number of hydrogen-bond acceptors (Lipinski definition) is 2. The Morgan fingerprint density at radius 2 is 1.58 bits per heavy atom. The minimum Gasteiger partial charge on any atom is -0.481 e. The Hall–Kier alpha value is -0.860. The fourth-order valence-electron chi connectivity index (χ4n) is 8.67. The van der Waals surface area contributed by atoms with E-state index < -0.39 is 5.97 Å². The molecule has 0 saturated heterocycles. The van der Waals surface area contributed by atoms with Crippen LogP contribution in [0.4, 0.5) is 0 Å². The minimum atomic E-state index is -0.682. The van der Waals surface area contributed by atoms with Crippen LogP contribution in [-0.4, -0.2) is 16.9 Å². The second-order valence-electron chi connectivity index (χ2n) is 12.2. The maximum Gasteiger partial charge on any atom is 0.303 e. The van der Waals surface area contributed by atoms with Crippen molar-refractivity contribution in [2.24, 2.45) is 46.3 Å². The lowest BCUT2D eigenvalue weighted by Gasteiger charge is -2.61. The van der Waals surface area contributed by atoms with Crippen LogP contribution in [0.15, 0.2) is 0 Å². The molecule has 1 N–H and O–H groups in total. The number of fused-ring (bicyclic) bond motifs is 5. The van der Waals surface area contributed by atoms with Gasteiger partial charge in [0.2, 0.25) is 0 Å². The van der Waals surface area contributed by atoms with Gasteiger partial charge in [0, 0.05) is 12.3 Å². The fourth-order valence-corrected chi connectivity index (χ4v) is 8.67. The van der Waals surface area contributed by atoms with E-state index in [0.29, 0.717) is 29.0 Å². The maximum absolute atomic E-state index is 12.2. The third-order valence-electron chi connectivity index (χ3n) is 10.4. The number of aliphatic carboxylic acids is 1. The van der Waals surface area contributed by atoms with E-state index in [9.17, 15) is 9.59 Å². The molecule has 0 spiro atoms. The molecule has 0 aromatic rings. The molecular weight excluding hydrogens is 384 g/mol. The van der Waals surface area contributed by atoms with E-state index in [4.69, 9.17) is 5.11 Å². The first kappa shape index (κ1) is 24.8. The number of ketones is 1. The third-order valence-corrected chi connectivity index (χ3v) is 10.4. The van der Waals surface area contributed by atoms with Gasteiger partial charge in [-0.15, -0.1) is 0 Å². The Morgan fingerprint density at radius 1 is 0.903 bits per heavy atom. The van der Waals surface area contributed by atoms with Gasteiger partial charge in [-0.05, 0) is 105 Å². The molecule has 4 fully saturated rings. The number of unbranched alkanes of at least 4 members (excludes halogenated alkanes) is 2. The lowest BCUT2D eigenvalue weighted by molar-refractivity contribution is -0.137. The summed E-state index contributed by atoms with van der Waals surface area (Å²) in [6.45, 7) is 11.5. The molecule has 8 unspecified atom stereocenters. The Labute approximate surface area is 191 Å². The molecule has 4 aliphatic rings. The predicted molar refractivity (Wildman–Crippen MR) is 127 cm³/mol. The number of carbonyl (C=O) groups excluding carboxylic acids is 1. The van der Waals surface area contributed by atoms with Crippen LogP contribution in [0, 0.1) is 46.3 Å². The lowest BCUT2D eigenvalue weighted by atomic mass is 9.44. The molecule has 0 aromatic heterocycles.